The lowest BCUT2D eigenvalue weighted by Crippen LogP contribution is -2.32. The predicted octanol–water partition coefficient (Wildman–Crippen LogP) is 7.29. The summed E-state index contributed by atoms with van der Waals surface area (Å²) in [4.78, 5) is 18.8. The number of nitrogens with one attached hydrogen (secondary N) is 1. The van der Waals surface area contributed by atoms with Crippen LogP contribution in [-0.4, -0.2) is 28.7 Å². The van der Waals surface area contributed by atoms with Crippen molar-refractivity contribution in [2.45, 2.75) is 45.8 Å². The van der Waals surface area contributed by atoms with Gasteiger partial charge in [-0.15, -0.1) is 22.7 Å². The maximum absolute atomic E-state index is 12.4. The number of hydrogen-bond acceptors (Lipinski definition) is 8. The first-order chi connectivity index (χ1) is 18.1. The number of thiazole rings is 1. The number of thiophene rings is 1. The van der Waals surface area contributed by atoms with Crippen molar-refractivity contribution in [2.24, 2.45) is 0 Å². The maximum Gasteiger partial charge on any atom is 0.363 e. The van der Waals surface area contributed by atoms with Crippen LogP contribution < -0.4 is 14.8 Å². The number of carbonyl (C=O) groups is 1. The lowest BCUT2D eigenvalue weighted by molar-refractivity contribution is 0.0729. The number of aliphatic hydroxyl groups excluding tert-OH is 1. The van der Waals surface area contributed by atoms with Gasteiger partial charge in [-0.2, -0.15) is 0 Å². The molecule has 0 radical (unpaired) electrons. The molecule has 0 bridgehead atoms. The Hall–Kier alpha value is -3.46. The van der Waals surface area contributed by atoms with E-state index in [0.717, 1.165) is 38.4 Å². The number of methoxy groups -OCH3 is 1. The lowest BCUT2D eigenvalue weighted by atomic mass is 9.82. The van der Waals surface area contributed by atoms with Gasteiger partial charge in [0.1, 0.15) is 11.5 Å². The Balaban J connectivity index is 1.60. The molecule has 4 aromatic rings. The van der Waals surface area contributed by atoms with E-state index in [1.54, 1.807) is 41.5 Å². The number of ether oxygens (including phenoxy) is 2. The van der Waals surface area contributed by atoms with Gasteiger partial charge in [-0.1, -0.05) is 12.1 Å². The Morgan fingerprint density at radius 1 is 1.13 bits per heavy atom. The van der Waals surface area contributed by atoms with Crippen molar-refractivity contribution in [1.82, 2.24) is 4.98 Å². The van der Waals surface area contributed by atoms with E-state index < -0.39 is 12.1 Å². The average molecular weight is 547 g/mol. The predicted molar refractivity (Wildman–Crippen MR) is 155 cm³/mol. The number of esters is 1. The lowest BCUT2D eigenvalue weighted by Gasteiger charge is -2.34. The first-order valence-electron chi connectivity index (χ1n) is 12.3. The van der Waals surface area contributed by atoms with Crippen molar-refractivity contribution in [3.05, 3.63) is 86.0 Å². The highest BCUT2D eigenvalue weighted by atomic mass is 32.1. The first-order valence-corrected chi connectivity index (χ1v) is 14.1. The smallest absolute Gasteiger partial charge is 0.363 e. The number of fused-ring (bicyclic) bond motifs is 1. The Kier molecular flexibility index (Phi) is 7.13. The monoisotopic (exact) mass is 546 g/mol. The number of aromatic nitrogens is 1. The van der Waals surface area contributed by atoms with Gasteiger partial charge in [0, 0.05) is 44.4 Å². The molecule has 3 heterocycles. The van der Waals surface area contributed by atoms with Crippen LogP contribution in [-0.2, 0) is 6.42 Å². The van der Waals surface area contributed by atoms with E-state index >= 15 is 0 Å². The summed E-state index contributed by atoms with van der Waals surface area (Å²) in [7, 11) is 1.59. The second-order valence-corrected chi connectivity index (χ2v) is 12.1. The van der Waals surface area contributed by atoms with Gasteiger partial charge in [0.2, 0.25) is 0 Å². The fourth-order valence-corrected chi connectivity index (χ4v) is 6.49. The van der Waals surface area contributed by atoms with Crippen molar-refractivity contribution in [1.29, 1.82) is 0 Å². The number of rotatable bonds is 7. The van der Waals surface area contributed by atoms with Crippen LogP contribution in [0.25, 0.3) is 16.7 Å². The molecule has 2 aromatic carbocycles. The van der Waals surface area contributed by atoms with Gasteiger partial charge < -0.3 is 19.9 Å². The highest BCUT2D eigenvalue weighted by Gasteiger charge is 2.29. The van der Waals surface area contributed by atoms with E-state index in [4.69, 9.17) is 9.47 Å². The summed E-state index contributed by atoms with van der Waals surface area (Å²) in [5.41, 5.74) is 7.27. The second-order valence-electron chi connectivity index (χ2n) is 9.98. The maximum atomic E-state index is 12.4. The number of allylic oxidation sites excluding steroid dienone is 1. The summed E-state index contributed by atoms with van der Waals surface area (Å²) in [6.45, 7) is 8.43. The molecule has 5 rings (SSSR count). The fourth-order valence-electron chi connectivity index (χ4n) is 5.04. The summed E-state index contributed by atoms with van der Waals surface area (Å²) >= 11 is 3.03. The molecule has 1 unspecified atom stereocenters. The molecule has 1 aliphatic rings. The molecular formula is C30H30N2O4S2. The molecule has 8 heteroatoms. The van der Waals surface area contributed by atoms with Crippen LogP contribution >= 0.6 is 22.7 Å². The topological polar surface area (TPSA) is 80.7 Å². The Morgan fingerprint density at radius 3 is 2.61 bits per heavy atom. The summed E-state index contributed by atoms with van der Waals surface area (Å²) in [6.07, 6.45) is 1.96. The van der Waals surface area contributed by atoms with Gasteiger partial charge in [-0.3, -0.25) is 0 Å². The average Bonchev–Trinajstić information content (AvgIpc) is 3.55. The van der Waals surface area contributed by atoms with E-state index in [-0.39, 0.29) is 11.2 Å². The van der Waals surface area contributed by atoms with Gasteiger partial charge in [-0.05, 0) is 74.7 Å². The van der Waals surface area contributed by atoms with Crippen LogP contribution in [0.15, 0.2) is 59.4 Å². The molecule has 196 valence electrons. The van der Waals surface area contributed by atoms with Crippen LogP contribution in [0.1, 0.15) is 58.2 Å². The van der Waals surface area contributed by atoms with Crippen LogP contribution in [0.2, 0.25) is 0 Å². The molecule has 0 saturated carbocycles. The number of carbonyl (C=O) groups excluding carboxylic acids is 1. The fraction of sp³-hybridized carbons (Fsp3) is 0.267. The molecule has 0 aliphatic carbocycles. The third kappa shape index (κ3) is 5.25. The van der Waals surface area contributed by atoms with Crippen molar-refractivity contribution >= 4 is 39.9 Å². The molecule has 6 nitrogen and oxygen atoms in total. The zero-order valence-corrected chi connectivity index (χ0v) is 23.6. The molecule has 0 fully saturated rings. The van der Waals surface area contributed by atoms with Gasteiger partial charge in [0.05, 0.1) is 24.3 Å². The van der Waals surface area contributed by atoms with Crippen molar-refractivity contribution in [3.63, 3.8) is 0 Å². The molecule has 0 saturated heterocycles. The minimum Gasteiger partial charge on any atom is -0.496 e. The molecule has 0 amide bonds. The van der Waals surface area contributed by atoms with Crippen molar-refractivity contribution in [3.8, 4) is 22.6 Å². The van der Waals surface area contributed by atoms with E-state index in [2.05, 4.69) is 62.3 Å². The number of hydrogen-bond donors (Lipinski definition) is 2. The minimum atomic E-state index is -0.740. The highest BCUT2D eigenvalue weighted by Crippen LogP contribution is 2.46. The van der Waals surface area contributed by atoms with E-state index in [9.17, 15) is 9.90 Å². The number of aryl methyl sites for hydroxylation is 1. The SMILES string of the molecule is COc1cc(OC(=O)c2cscn2)ccc1-c1ccc2c(c1C(O)Cc1ccc(C)s1)C(C)=CC(C)(C)N2. The Bertz CT molecular complexity index is 1520. The summed E-state index contributed by atoms with van der Waals surface area (Å²) in [5, 5.41) is 17.0. The number of benzene rings is 2. The quantitative estimate of drug-likeness (QED) is 0.187. The molecule has 2 aromatic heterocycles. The first kappa shape index (κ1) is 26.2. The van der Waals surface area contributed by atoms with Crippen LogP contribution in [0, 0.1) is 6.92 Å². The number of nitrogens with zero attached hydrogens (tertiary/aromatic N) is 1. The summed E-state index contributed by atoms with van der Waals surface area (Å²) < 4.78 is 11.3. The molecular weight excluding hydrogens is 516 g/mol. The molecule has 1 aliphatic heterocycles. The van der Waals surface area contributed by atoms with Crippen LogP contribution in [0.5, 0.6) is 11.5 Å². The number of aliphatic hydroxyl groups is 1. The van der Waals surface area contributed by atoms with E-state index in [0.29, 0.717) is 17.9 Å². The second kappa shape index (κ2) is 10.4. The van der Waals surface area contributed by atoms with Crippen LogP contribution in [0.4, 0.5) is 5.69 Å². The zero-order chi connectivity index (χ0) is 27.0. The molecule has 1 atom stereocenters. The van der Waals surface area contributed by atoms with Gasteiger partial charge >= 0.3 is 5.97 Å². The standard InChI is InChI=1S/C30H30N2O4S2/c1-17-14-30(3,4)32-23-11-10-22(28(27(17)23)25(33)13-20-8-6-18(2)38-20)21-9-7-19(12-26(21)35-5)36-29(34)24-15-37-16-31-24/h6-12,14-16,25,32-33H,13H2,1-5H3. The van der Waals surface area contributed by atoms with E-state index in [1.165, 1.54) is 16.2 Å². The minimum absolute atomic E-state index is 0.202. The van der Waals surface area contributed by atoms with E-state index in [1.807, 2.05) is 12.1 Å². The Labute approximate surface area is 230 Å². The van der Waals surface area contributed by atoms with Gasteiger partial charge in [-0.25, -0.2) is 9.78 Å². The highest BCUT2D eigenvalue weighted by molar-refractivity contribution is 7.11. The largest absolute Gasteiger partial charge is 0.496 e. The summed E-state index contributed by atoms with van der Waals surface area (Å²) in [6, 6.07) is 13.6. The molecule has 0 spiro atoms. The third-order valence-electron chi connectivity index (χ3n) is 6.51. The summed E-state index contributed by atoms with van der Waals surface area (Å²) in [5.74, 6) is 0.378. The molecule has 2 N–H and O–H groups in total. The van der Waals surface area contributed by atoms with Crippen molar-refractivity contribution < 1.29 is 19.4 Å². The third-order valence-corrected chi connectivity index (χ3v) is 8.12. The zero-order valence-electron chi connectivity index (χ0n) is 22.0. The van der Waals surface area contributed by atoms with Gasteiger partial charge in [0.25, 0.3) is 0 Å². The van der Waals surface area contributed by atoms with Gasteiger partial charge in [0.15, 0.2) is 5.69 Å². The molecule has 38 heavy (non-hydrogen) atoms. The number of anilines is 1. The normalized spacial score (nSPS) is 14.7. The Morgan fingerprint density at radius 2 is 1.92 bits per heavy atom. The van der Waals surface area contributed by atoms with Crippen LogP contribution in [0.3, 0.4) is 0 Å². The van der Waals surface area contributed by atoms with Crippen molar-refractivity contribution in [2.75, 3.05) is 12.4 Å².